The average Bonchev–Trinajstić information content (AvgIpc) is 3.18. The van der Waals surface area contributed by atoms with Crippen LogP contribution >= 0.6 is 11.3 Å². The van der Waals surface area contributed by atoms with E-state index in [-0.39, 0.29) is 18.1 Å². The molecule has 132 valence electrons. The third-order valence-corrected chi connectivity index (χ3v) is 4.93. The van der Waals surface area contributed by atoms with Gasteiger partial charge in [-0.25, -0.2) is 9.37 Å². The fourth-order valence-corrected chi connectivity index (χ4v) is 3.76. The standard InChI is InChI=1S/C19H16FN3O2S/c1-2-25-13-4-6-16-17(9-13)26-19(22-16)23-18(24)7-11-10-21-15-5-3-12(20)8-14(11)15/h3-6,8-10,21H,2,7H2,1H3,(H,22,23,24). The number of benzene rings is 2. The van der Waals surface area contributed by atoms with Crippen molar-refractivity contribution in [2.75, 3.05) is 11.9 Å². The molecule has 0 bridgehead atoms. The summed E-state index contributed by atoms with van der Waals surface area (Å²) in [6.07, 6.45) is 1.87. The zero-order valence-electron chi connectivity index (χ0n) is 14.0. The number of thiazole rings is 1. The molecule has 0 saturated carbocycles. The fraction of sp³-hybridized carbons (Fsp3) is 0.158. The maximum absolute atomic E-state index is 13.5. The lowest BCUT2D eigenvalue weighted by Crippen LogP contribution is -2.13. The summed E-state index contributed by atoms with van der Waals surface area (Å²) < 4.78 is 19.9. The van der Waals surface area contributed by atoms with Gasteiger partial charge in [-0.1, -0.05) is 11.3 Å². The lowest BCUT2D eigenvalue weighted by molar-refractivity contribution is -0.115. The molecule has 4 rings (SSSR count). The molecular formula is C19H16FN3O2S. The molecule has 4 aromatic rings. The van der Waals surface area contributed by atoms with Crippen molar-refractivity contribution < 1.29 is 13.9 Å². The van der Waals surface area contributed by atoms with E-state index in [4.69, 9.17) is 4.74 Å². The zero-order chi connectivity index (χ0) is 18.1. The largest absolute Gasteiger partial charge is 0.494 e. The van der Waals surface area contributed by atoms with Crippen LogP contribution in [0.5, 0.6) is 5.75 Å². The van der Waals surface area contributed by atoms with Crippen LogP contribution in [0.25, 0.3) is 21.1 Å². The van der Waals surface area contributed by atoms with Gasteiger partial charge in [0.15, 0.2) is 5.13 Å². The van der Waals surface area contributed by atoms with Gasteiger partial charge in [-0.15, -0.1) is 0 Å². The SMILES string of the molecule is CCOc1ccc2nc(NC(=O)Cc3c[nH]c4ccc(F)cc34)sc2c1. The summed E-state index contributed by atoms with van der Waals surface area (Å²) in [7, 11) is 0. The number of aromatic amines is 1. The highest BCUT2D eigenvalue weighted by molar-refractivity contribution is 7.22. The van der Waals surface area contributed by atoms with E-state index in [1.165, 1.54) is 23.5 Å². The molecule has 0 radical (unpaired) electrons. The maximum atomic E-state index is 13.5. The molecule has 2 heterocycles. The van der Waals surface area contributed by atoms with E-state index in [1.807, 2.05) is 25.1 Å². The normalized spacial score (nSPS) is 11.2. The molecular weight excluding hydrogens is 353 g/mol. The number of halogens is 1. The van der Waals surface area contributed by atoms with Crippen molar-refractivity contribution in [3.63, 3.8) is 0 Å². The Morgan fingerprint density at radius 2 is 2.19 bits per heavy atom. The quantitative estimate of drug-likeness (QED) is 0.544. The molecule has 0 aliphatic rings. The summed E-state index contributed by atoms with van der Waals surface area (Å²) in [5.41, 5.74) is 2.36. The van der Waals surface area contributed by atoms with Crippen LogP contribution in [-0.2, 0) is 11.2 Å². The van der Waals surface area contributed by atoms with Crippen molar-refractivity contribution in [3.8, 4) is 5.75 Å². The number of nitrogens with one attached hydrogen (secondary N) is 2. The first kappa shape index (κ1) is 16.5. The van der Waals surface area contributed by atoms with E-state index in [0.717, 1.165) is 27.0 Å². The first-order valence-electron chi connectivity index (χ1n) is 8.21. The van der Waals surface area contributed by atoms with E-state index in [0.29, 0.717) is 17.1 Å². The van der Waals surface area contributed by atoms with E-state index >= 15 is 0 Å². The number of fused-ring (bicyclic) bond motifs is 2. The van der Waals surface area contributed by atoms with Crippen LogP contribution < -0.4 is 10.1 Å². The lowest BCUT2D eigenvalue weighted by Gasteiger charge is -2.01. The average molecular weight is 369 g/mol. The number of aromatic nitrogens is 2. The Labute approximate surface area is 152 Å². The number of nitrogens with zero attached hydrogens (tertiary/aromatic N) is 1. The minimum atomic E-state index is -0.324. The number of hydrogen-bond donors (Lipinski definition) is 2. The van der Waals surface area contributed by atoms with Crippen molar-refractivity contribution in [2.45, 2.75) is 13.3 Å². The van der Waals surface area contributed by atoms with Gasteiger partial charge in [-0.05, 0) is 48.9 Å². The molecule has 1 amide bonds. The summed E-state index contributed by atoms with van der Waals surface area (Å²) in [6.45, 7) is 2.53. The molecule has 0 unspecified atom stereocenters. The third kappa shape index (κ3) is 3.25. The summed E-state index contributed by atoms with van der Waals surface area (Å²) in [6, 6.07) is 10.1. The summed E-state index contributed by atoms with van der Waals surface area (Å²) in [4.78, 5) is 19.9. The number of rotatable bonds is 5. The summed E-state index contributed by atoms with van der Waals surface area (Å²) in [5.74, 6) is 0.261. The molecule has 0 aliphatic heterocycles. The second-order valence-electron chi connectivity index (χ2n) is 5.81. The van der Waals surface area contributed by atoms with E-state index in [2.05, 4.69) is 15.3 Å². The van der Waals surface area contributed by atoms with Gasteiger partial charge in [0.2, 0.25) is 5.91 Å². The Morgan fingerprint density at radius 1 is 1.31 bits per heavy atom. The summed E-state index contributed by atoms with van der Waals surface area (Å²) >= 11 is 1.39. The van der Waals surface area contributed by atoms with Crippen LogP contribution in [0.4, 0.5) is 9.52 Å². The van der Waals surface area contributed by atoms with Gasteiger partial charge >= 0.3 is 0 Å². The maximum Gasteiger partial charge on any atom is 0.230 e. The van der Waals surface area contributed by atoms with Gasteiger partial charge in [0.1, 0.15) is 11.6 Å². The minimum Gasteiger partial charge on any atom is -0.494 e. The van der Waals surface area contributed by atoms with E-state index < -0.39 is 0 Å². The summed E-state index contributed by atoms with van der Waals surface area (Å²) in [5, 5.41) is 4.07. The van der Waals surface area contributed by atoms with Crippen molar-refractivity contribution in [1.29, 1.82) is 0 Å². The highest BCUT2D eigenvalue weighted by Crippen LogP contribution is 2.29. The van der Waals surface area contributed by atoms with Gasteiger partial charge in [0, 0.05) is 17.1 Å². The third-order valence-electron chi connectivity index (χ3n) is 4.00. The number of amides is 1. The predicted molar refractivity (Wildman–Crippen MR) is 101 cm³/mol. The van der Waals surface area contributed by atoms with E-state index in [1.54, 1.807) is 12.3 Å². The molecule has 2 aromatic carbocycles. The van der Waals surface area contributed by atoms with Crippen molar-refractivity contribution in [3.05, 3.63) is 54.0 Å². The molecule has 2 aromatic heterocycles. The van der Waals surface area contributed by atoms with Gasteiger partial charge in [-0.3, -0.25) is 4.79 Å². The highest BCUT2D eigenvalue weighted by Gasteiger charge is 2.12. The van der Waals surface area contributed by atoms with Gasteiger partial charge in [-0.2, -0.15) is 0 Å². The Hall–Kier alpha value is -2.93. The van der Waals surface area contributed by atoms with Crippen LogP contribution in [0.3, 0.4) is 0 Å². The molecule has 0 atom stereocenters. The van der Waals surface area contributed by atoms with Crippen molar-refractivity contribution in [2.24, 2.45) is 0 Å². The van der Waals surface area contributed by atoms with E-state index in [9.17, 15) is 9.18 Å². The molecule has 0 fully saturated rings. The topological polar surface area (TPSA) is 67.0 Å². The molecule has 2 N–H and O–H groups in total. The number of carbonyl (C=O) groups is 1. The van der Waals surface area contributed by atoms with Crippen LogP contribution in [0.1, 0.15) is 12.5 Å². The molecule has 0 aliphatic carbocycles. The number of carbonyl (C=O) groups excluding carboxylic acids is 1. The predicted octanol–water partition coefficient (Wildman–Crippen LogP) is 4.50. The second kappa shape index (κ2) is 6.76. The van der Waals surface area contributed by atoms with Crippen LogP contribution in [-0.4, -0.2) is 22.5 Å². The smallest absolute Gasteiger partial charge is 0.230 e. The Kier molecular flexibility index (Phi) is 4.30. The van der Waals surface area contributed by atoms with Crippen LogP contribution in [0.2, 0.25) is 0 Å². The number of anilines is 1. The molecule has 0 saturated heterocycles. The first-order chi connectivity index (χ1) is 12.6. The zero-order valence-corrected chi connectivity index (χ0v) is 14.8. The molecule has 7 heteroatoms. The van der Waals surface area contributed by atoms with Gasteiger partial charge in [0.05, 0.1) is 23.2 Å². The number of H-pyrrole nitrogens is 1. The Bertz CT molecular complexity index is 1100. The van der Waals surface area contributed by atoms with Crippen molar-refractivity contribution >= 4 is 43.5 Å². The first-order valence-corrected chi connectivity index (χ1v) is 9.03. The van der Waals surface area contributed by atoms with Gasteiger partial charge in [0.25, 0.3) is 0 Å². The van der Waals surface area contributed by atoms with Gasteiger partial charge < -0.3 is 15.0 Å². The minimum absolute atomic E-state index is 0.142. The Morgan fingerprint density at radius 3 is 3.04 bits per heavy atom. The van der Waals surface area contributed by atoms with Crippen molar-refractivity contribution in [1.82, 2.24) is 9.97 Å². The van der Waals surface area contributed by atoms with Crippen LogP contribution in [0.15, 0.2) is 42.6 Å². The number of ether oxygens (including phenoxy) is 1. The van der Waals surface area contributed by atoms with Crippen LogP contribution in [0, 0.1) is 5.82 Å². The molecule has 5 nitrogen and oxygen atoms in total. The fourth-order valence-electron chi connectivity index (χ4n) is 2.85. The molecule has 26 heavy (non-hydrogen) atoms. The highest BCUT2D eigenvalue weighted by atomic mass is 32.1. The molecule has 0 spiro atoms. The lowest BCUT2D eigenvalue weighted by atomic mass is 10.1. The second-order valence-corrected chi connectivity index (χ2v) is 6.84. The Balaban J connectivity index is 1.52. The monoisotopic (exact) mass is 369 g/mol. The number of hydrogen-bond acceptors (Lipinski definition) is 4.